The van der Waals surface area contributed by atoms with E-state index in [1.165, 1.54) is 10.8 Å². The zero-order chi connectivity index (χ0) is 17.3. The number of anilines is 1. The summed E-state index contributed by atoms with van der Waals surface area (Å²) in [5.41, 5.74) is 5.52. The molecule has 1 aromatic heterocycles. The van der Waals surface area contributed by atoms with Crippen LogP contribution < -0.4 is 5.43 Å². The Kier molecular flexibility index (Phi) is 3.39. The Bertz CT molecular complexity index is 1180. The van der Waals surface area contributed by atoms with E-state index in [0.29, 0.717) is 6.01 Å². The molecule has 4 nitrogen and oxygen atoms in total. The number of nitrogens with one attached hydrogen (secondary N) is 1. The molecular weight excluding hydrogens is 322 g/mol. The lowest BCUT2D eigenvalue weighted by Gasteiger charge is -2.07. The van der Waals surface area contributed by atoms with Crippen molar-refractivity contribution in [3.8, 4) is 0 Å². The summed E-state index contributed by atoms with van der Waals surface area (Å²) in [6, 6.07) is 26.9. The molecule has 1 N–H and O–H groups in total. The third kappa shape index (κ3) is 2.48. The van der Waals surface area contributed by atoms with Gasteiger partial charge < -0.3 is 4.42 Å². The van der Waals surface area contributed by atoms with Gasteiger partial charge in [0.05, 0.1) is 6.21 Å². The number of hydrogen-bond donors (Lipinski definition) is 1. The highest BCUT2D eigenvalue weighted by Crippen LogP contribution is 2.27. The minimum atomic E-state index is 0.381. The average molecular weight is 337 g/mol. The molecule has 0 unspecified atom stereocenters. The first-order valence-corrected chi connectivity index (χ1v) is 8.44. The fourth-order valence-electron chi connectivity index (χ4n) is 3.26. The van der Waals surface area contributed by atoms with Crippen molar-refractivity contribution in [1.82, 2.24) is 4.98 Å². The van der Waals surface area contributed by atoms with Crippen LogP contribution in [0.25, 0.3) is 32.6 Å². The van der Waals surface area contributed by atoms with Gasteiger partial charge in [0.1, 0.15) is 5.52 Å². The summed E-state index contributed by atoms with van der Waals surface area (Å²) in [5, 5.41) is 9.08. The highest BCUT2D eigenvalue weighted by Gasteiger charge is 2.06. The van der Waals surface area contributed by atoms with E-state index in [1.807, 2.05) is 42.6 Å². The van der Waals surface area contributed by atoms with Gasteiger partial charge in [0.15, 0.2) is 5.58 Å². The number of rotatable bonds is 3. The molecule has 0 spiro atoms. The Morgan fingerprint density at radius 1 is 0.808 bits per heavy atom. The second-order valence-electron chi connectivity index (χ2n) is 6.09. The largest absolute Gasteiger partial charge is 0.422 e. The van der Waals surface area contributed by atoms with Crippen LogP contribution >= 0.6 is 0 Å². The van der Waals surface area contributed by atoms with Crippen LogP contribution in [0.1, 0.15) is 5.56 Å². The molecule has 0 aliphatic heterocycles. The van der Waals surface area contributed by atoms with E-state index in [4.69, 9.17) is 4.42 Å². The van der Waals surface area contributed by atoms with Crippen LogP contribution in [-0.2, 0) is 0 Å². The van der Waals surface area contributed by atoms with E-state index in [0.717, 1.165) is 27.4 Å². The zero-order valence-electron chi connectivity index (χ0n) is 13.9. The van der Waals surface area contributed by atoms with Crippen LogP contribution in [0.15, 0.2) is 88.4 Å². The summed E-state index contributed by atoms with van der Waals surface area (Å²) < 4.78 is 5.64. The molecule has 0 aliphatic carbocycles. The Balaban J connectivity index is 1.57. The topological polar surface area (TPSA) is 50.4 Å². The molecule has 0 saturated carbocycles. The summed E-state index contributed by atoms with van der Waals surface area (Å²) in [6.07, 6.45) is 1.83. The molecule has 5 rings (SSSR count). The maximum absolute atomic E-state index is 5.64. The fourth-order valence-corrected chi connectivity index (χ4v) is 3.26. The smallest absolute Gasteiger partial charge is 0.316 e. The van der Waals surface area contributed by atoms with Gasteiger partial charge in [-0.05, 0) is 39.7 Å². The zero-order valence-corrected chi connectivity index (χ0v) is 13.9. The number of hydrogen-bond acceptors (Lipinski definition) is 4. The maximum atomic E-state index is 5.64. The van der Waals surface area contributed by atoms with Crippen molar-refractivity contribution < 1.29 is 4.42 Å². The van der Waals surface area contributed by atoms with Gasteiger partial charge in [0.2, 0.25) is 0 Å². The summed E-state index contributed by atoms with van der Waals surface area (Å²) in [4.78, 5) is 4.38. The van der Waals surface area contributed by atoms with E-state index in [9.17, 15) is 0 Å². The minimum Gasteiger partial charge on any atom is -0.422 e. The molecule has 0 amide bonds. The minimum absolute atomic E-state index is 0.381. The van der Waals surface area contributed by atoms with Gasteiger partial charge in [0.25, 0.3) is 0 Å². The molecule has 0 fully saturated rings. The Morgan fingerprint density at radius 2 is 1.46 bits per heavy atom. The second-order valence-corrected chi connectivity index (χ2v) is 6.09. The van der Waals surface area contributed by atoms with Crippen LogP contribution in [0, 0.1) is 0 Å². The number of benzene rings is 4. The molecule has 0 bridgehead atoms. The number of para-hydroxylation sites is 2. The molecule has 124 valence electrons. The number of hydrazone groups is 1. The van der Waals surface area contributed by atoms with Crippen molar-refractivity contribution in [3.63, 3.8) is 0 Å². The summed E-state index contributed by atoms with van der Waals surface area (Å²) >= 11 is 0. The van der Waals surface area contributed by atoms with Crippen molar-refractivity contribution >= 4 is 44.9 Å². The standard InChI is InChI=1S/C22H15N3O/c1-3-9-17-15(7-1)13-16-8-2-4-10-18(16)19(17)14-23-25-22-24-20-11-5-6-12-21(20)26-22/h1-14H,(H,24,25)/b23-14+. The Morgan fingerprint density at radius 3 is 2.19 bits per heavy atom. The molecule has 0 saturated heterocycles. The number of nitrogens with zero attached hydrogens (tertiary/aromatic N) is 2. The highest BCUT2D eigenvalue weighted by molar-refractivity contribution is 6.13. The molecule has 5 aromatic rings. The molecule has 1 heterocycles. The normalized spacial score (nSPS) is 11.7. The molecule has 0 aliphatic rings. The van der Waals surface area contributed by atoms with Crippen LogP contribution in [0.3, 0.4) is 0 Å². The van der Waals surface area contributed by atoms with Gasteiger partial charge in [-0.25, -0.2) is 5.43 Å². The van der Waals surface area contributed by atoms with Crippen molar-refractivity contribution in [2.45, 2.75) is 0 Å². The molecule has 0 atom stereocenters. The van der Waals surface area contributed by atoms with Gasteiger partial charge in [-0.1, -0.05) is 60.7 Å². The monoisotopic (exact) mass is 337 g/mol. The van der Waals surface area contributed by atoms with Crippen molar-refractivity contribution in [2.75, 3.05) is 5.43 Å². The van der Waals surface area contributed by atoms with E-state index in [1.54, 1.807) is 0 Å². The lowest BCUT2D eigenvalue weighted by Crippen LogP contribution is -1.93. The Hall–Kier alpha value is -3.66. The number of fused-ring (bicyclic) bond motifs is 3. The van der Waals surface area contributed by atoms with Gasteiger partial charge in [-0.3, -0.25) is 0 Å². The first kappa shape index (κ1) is 14.7. The van der Waals surface area contributed by atoms with Crippen molar-refractivity contribution in [3.05, 3.63) is 84.4 Å². The lowest BCUT2D eigenvalue weighted by molar-refractivity contribution is 0.617. The van der Waals surface area contributed by atoms with Crippen molar-refractivity contribution in [2.24, 2.45) is 5.10 Å². The van der Waals surface area contributed by atoms with Crippen LogP contribution in [0.5, 0.6) is 0 Å². The predicted octanol–water partition coefficient (Wildman–Crippen LogP) is 5.58. The number of aromatic nitrogens is 1. The predicted molar refractivity (Wildman–Crippen MR) is 107 cm³/mol. The molecule has 26 heavy (non-hydrogen) atoms. The van der Waals surface area contributed by atoms with Crippen LogP contribution in [-0.4, -0.2) is 11.2 Å². The summed E-state index contributed by atoms with van der Waals surface area (Å²) in [6.45, 7) is 0. The SMILES string of the molecule is C(=N\Nc1nc2ccccc2o1)/c1c2ccccc2cc2ccccc12. The highest BCUT2D eigenvalue weighted by atomic mass is 16.4. The van der Waals surface area contributed by atoms with Crippen LogP contribution in [0.4, 0.5) is 6.01 Å². The summed E-state index contributed by atoms with van der Waals surface area (Å²) in [7, 11) is 0. The number of oxazole rings is 1. The third-order valence-corrected chi connectivity index (χ3v) is 4.46. The van der Waals surface area contributed by atoms with E-state index in [-0.39, 0.29) is 0 Å². The fraction of sp³-hybridized carbons (Fsp3) is 0. The van der Waals surface area contributed by atoms with Crippen molar-refractivity contribution in [1.29, 1.82) is 0 Å². The third-order valence-electron chi connectivity index (χ3n) is 4.46. The lowest BCUT2D eigenvalue weighted by atomic mass is 9.97. The molecular formula is C22H15N3O. The van der Waals surface area contributed by atoms with Crippen LogP contribution in [0.2, 0.25) is 0 Å². The van der Waals surface area contributed by atoms with E-state index < -0.39 is 0 Å². The quantitative estimate of drug-likeness (QED) is 0.266. The van der Waals surface area contributed by atoms with E-state index in [2.05, 4.69) is 58.0 Å². The first-order valence-electron chi connectivity index (χ1n) is 8.44. The van der Waals surface area contributed by atoms with Gasteiger partial charge in [-0.15, -0.1) is 0 Å². The second kappa shape index (κ2) is 6.01. The van der Waals surface area contributed by atoms with Gasteiger partial charge in [0, 0.05) is 5.56 Å². The molecule has 4 aromatic carbocycles. The first-order chi connectivity index (χ1) is 12.9. The maximum Gasteiger partial charge on any atom is 0.316 e. The van der Waals surface area contributed by atoms with Gasteiger partial charge in [-0.2, -0.15) is 10.1 Å². The van der Waals surface area contributed by atoms with E-state index >= 15 is 0 Å². The Labute approximate surface area is 149 Å². The van der Waals surface area contributed by atoms with Gasteiger partial charge >= 0.3 is 6.01 Å². The molecule has 4 heteroatoms. The molecule has 0 radical (unpaired) electrons. The summed E-state index contributed by atoms with van der Waals surface area (Å²) in [5.74, 6) is 0. The average Bonchev–Trinajstić information content (AvgIpc) is 3.10.